The number of nitrogens with one attached hydrogen (secondary N) is 2. The number of amides is 1. The lowest BCUT2D eigenvalue weighted by molar-refractivity contribution is -0.114. The highest BCUT2D eigenvalue weighted by Gasteiger charge is 2.22. The lowest BCUT2D eigenvalue weighted by Crippen LogP contribution is -2.37. The van der Waals surface area contributed by atoms with E-state index in [1.165, 1.54) is 61.8 Å². The van der Waals surface area contributed by atoms with Gasteiger partial charge in [0.1, 0.15) is 6.54 Å². The molecule has 0 saturated heterocycles. The van der Waals surface area contributed by atoms with Crippen LogP contribution in [0, 0.1) is 0 Å². The van der Waals surface area contributed by atoms with Crippen LogP contribution in [0.1, 0.15) is 17.3 Å². The molecule has 0 saturated carbocycles. The van der Waals surface area contributed by atoms with Crippen LogP contribution in [0.3, 0.4) is 0 Å². The van der Waals surface area contributed by atoms with E-state index in [1.807, 2.05) is 0 Å². The van der Waals surface area contributed by atoms with Gasteiger partial charge < -0.3 is 5.32 Å². The van der Waals surface area contributed by atoms with Crippen molar-refractivity contribution in [2.45, 2.75) is 11.8 Å². The summed E-state index contributed by atoms with van der Waals surface area (Å²) in [4.78, 5) is 28.0. The van der Waals surface area contributed by atoms with Crippen LogP contribution >= 0.6 is 0 Å². The summed E-state index contributed by atoms with van der Waals surface area (Å²) < 4.78 is 52.9. The van der Waals surface area contributed by atoms with Crippen molar-refractivity contribution < 1.29 is 26.4 Å². The van der Waals surface area contributed by atoms with Crippen LogP contribution in [0.2, 0.25) is 0 Å². The molecule has 0 radical (unpaired) electrons. The third-order valence-electron chi connectivity index (χ3n) is 4.59. The number of sulfonamides is 2. The molecule has 0 aliphatic carbocycles. The lowest BCUT2D eigenvalue weighted by atomic mass is 10.1. The molecule has 1 heterocycles. The van der Waals surface area contributed by atoms with Crippen molar-refractivity contribution in [1.29, 1.82) is 0 Å². The number of pyridine rings is 1. The molecule has 3 aromatic rings. The zero-order chi connectivity index (χ0) is 24.9. The van der Waals surface area contributed by atoms with Gasteiger partial charge in [0.05, 0.1) is 28.7 Å². The van der Waals surface area contributed by atoms with Crippen LogP contribution in [0.25, 0.3) is 0 Å². The molecule has 2 aromatic carbocycles. The zero-order valence-corrected chi connectivity index (χ0v) is 19.9. The smallest absolute Gasteiger partial charge is 0.261 e. The highest BCUT2D eigenvalue weighted by atomic mass is 32.2. The Morgan fingerprint density at radius 2 is 1.65 bits per heavy atom. The minimum absolute atomic E-state index is 0.0341. The van der Waals surface area contributed by atoms with Gasteiger partial charge in [-0.05, 0) is 55.5 Å². The maximum atomic E-state index is 12.6. The minimum atomic E-state index is -3.86. The fourth-order valence-electron chi connectivity index (χ4n) is 2.97. The molecule has 178 valence electrons. The van der Waals surface area contributed by atoms with Crippen LogP contribution in [-0.2, 0) is 24.8 Å². The van der Waals surface area contributed by atoms with E-state index in [9.17, 15) is 26.4 Å². The quantitative estimate of drug-likeness (QED) is 0.428. The number of nitrogens with zero attached hydrogens (tertiary/aromatic N) is 2. The van der Waals surface area contributed by atoms with Gasteiger partial charge in [0.2, 0.25) is 15.9 Å². The maximum absolute atomic E-state index is 12.6. The van der Waals surface area contributed by atoms with Gasteiger partial charge in [-0.2, -0.15) is 0 Å². The van der Waals surface area contributed by atoms with E-state index in [0.29, 0.717) is 11.3 Å². The lowest BCUT2D eigenvalue weighted by Gasteiger charge is -2.22. The molecule has 0 fully saturated rings. The van der Waals surface area contributed by atoms with E-state index in [2.05, 4.69) is 15.0 Å². The molecule has 3 rings (SSSR count). The Morgan fingerprint density at radius 1 is 0.941 bits per heavy atom. The number of hydrogen-bond donors (Lipinski definition) is 2. The van der Waals surface area contributed by atoms with Crippen molar-refractivity contribution in [3.05, 3.63) is 78.6 Å². The molecule has 0 aliphatic rings. The average Bonchev–Trinajstić information content (AvgIpc) is 2.77. The first-order chi connectivity index (χ1) is 16.0. The Morgan fingerprint density at radius 3 is 2.24 bits per heavy atom. The number of rotatable bonds is 9. The highest BCUT2D eigenvalue weighted by molar-refractivity contribution is 7.92. The summed E-state index contributed by atoms with van der Waals surface area (Å²) in [5, 5.41) is 2.54. The van der Waals surface area contributed by atoms with Crippen LogP contribution in [0.15, 0.2) is 78.0 Å². The summed E-state index contributed by atoms with van der Waals surface area (Å²) >= 11 is 0. The van der Waals surface area contributed by atoms with E-state index in [-0.39, 0.29) is 22.1 Å². The number of carbonyl (C=O) groups excluding carboxylic acids is 2. The second kappa shape index (κ2) is 10.0. The standard InChI is InChI=1S/C22H22N4O6S2/c1-16(27)17-5-3-7-20(13-17)26(33(2,29)30)15-22(28)24-18-8-10-21(11-9-18)34(31,32)25-19-6-4-12-23-14-19/h3-14,25H,15H2,1-2H3,(H,24,28). The van der Waals surface area contributed by atoms with Gasteiger partial charge in [-0.15, -0.1) is 0 Å². The van der Waals surface area contributed by atoms with Crippen LogP contribution in [0.4, 0.5) is 17.1 Å². The maximum Gasteiger partial charge on any atom is 0.261 e. The molecule has 1 amide bonds. The largest absolute Gasteiger partial charge is 0.325 e. The molecular formula is C22H22N4O6S2. The molecule has 0 spiro atoms. The molecule has 0 unspecified atom stereocenters. The summed E-state index contributed by atoms with van der Waals surface area (Å²) in [5.74, 6) is -0.893. The molecule has 10 nitrogen and oxygen atoms in total. The highest BCUT2D eigenvalue weighted by Crippen LogP contribution is 2.21. The molecule has 12 heteroatoms. The molecule has 0 bridgehead atoms. The number of benzene rings is 2. The summed E-state index contributed by atoms with van der Waals surface area (Å²) in [5.41, 5.74) is 1.06. The molecule has 34 heavy (non-hydrogen) atoms. The van der Waals surface area contributed by atoms with Gasteiger partial charge in [-0.3, -0.25) is 23.6 Å². The summed E-state index contributed by atoms with van der Waals surface area (Å²) in [6.07, 6.45) is 3.83. The average molecular weight is 503 g/mol. The Labute approximate surface area is 197 Å². The third kappa shape index (κ3) is 6.39. The van der Waals surface area contributed by atoms with Gasteiger partial charge in [0.15, 0.2) is 5.78 Å². The summed E-state index contributed by atoms with van der Waals surface area (Å²) in [6.45, 7) is 0.815. The molecule has 1 aromatic heterocycles. The second-order valence-electron chi connectivity index (χ2n) is 7.30. The van der Waals surface area contributed by atoms with Gasteiger partial charge in [0.25, 0.3) is 10.0 Å². The number of hydrogen-bond acceptors (Lipinski definition) is 7. The Bertz CT molecular complexity index is 1410. The van der Waals surface area contributed by atoms with E-state index in [1.54, 1.807) is 18.2 Å². The Hall–Kier alpha value is -3.77. The van der Waals surface area contributed by atoms with Crippen molar-refractivity contribution in [3.63, 3.8) is 0 Å². The van der Waals surface area contributed by atoms with Gasteiger partial charge in [-0.25, -0.2) is 16.8 Å². The molecule has 0 aliphatic heterocycles. The van der Waals surface area contributed by atoms with E-state index < -0.39 is 32.5 Å². The molecule has 0 atom stereocenters. The number of Topliss-reactive ketones (excluding diaryl/α,β-unsaturated/α-hetero) is 1. The second-order valence-corrected chi connectivity index (χ2v) is 10.9. The van der Waals surface area contributed by atoms with Crippen LogP contribution in [0.5, 0.6) is 0 Å². The number of carbonyl (C=O) groups is 2. The SMILES string of the molecule is CC(=O)c1cccc(N(CC(=O)Nc2ccc(S(=O)(=O)Nc3cccnc3)cc2)S(C)(=O)=O)c1. The Balaban J connectivity index is 1.73. The number of aromatic nitrogens is 1. The van der Waals surface area contributed by atoms with Crippen molar-refractivity contribution >= 4 is 48.8 Å². The Kier molecular flexibility index (Phi) is 7.32. The van der Waals surface area contributed by atoms with E-state index >= 15 is 0 Å². The summed E-state index contributed by atoms with van der Waals surface area (Å²) in [6, 6.07) is 14.5. The van der Waals surface area contributed by atoms with Crippen molar-refractivity contribution in [2.24, 2.45) is 0 Å². The van der Waals surface area contributed by atoms with E-state index in [0.717, 1.165) is 10.6 Å². The van der Waals surface area contributed by atoms with E-state index in [4.69, 9.17) is 0 Å². The normalized spacial score (nSPS) is 11.5. The molecule has 2 N–H and O–H groups in total. The fourth-order valence-corrected chi connectivity index (χ4v) is 4.86. The zero-order valence-electron chi connectivity index (χ0n) is 18.3. The van der Waals surface area contributed by atoms with Crippen molar-refractivity contribution in [3.8, 4) is 0 Å². The fraction of sp³-hybridized carbons (Fsp3) is 0.136. The minimum Gasteiger partial charge on any atom is -0.325 e. The predicted molar refractivity (Wildman–Crippen MR) is 129 cm³/mol. The van der Waals surface area contributed by atoms with Crippen molar-refractivity contribution in [1.82, 2.24) is 4.98 Å². The third-order valence-corrected chi connectivity index (χ3v) is 7.13. The predicted octanol–water partition coefficient (Wildman–Crippen LogP) is 2.49. The van der Waals surface area contributed by atoms with Gasteiger partial charge in [-0.1, -0.05) is 12.1 Å². The summed E-state index contributed by atoms with van der Waals surface area (Å²) in [7, 11) is -7.70. The van der Waals surface area contributed by atoms with Crippen LogP contribution < -0.4 is 14.3 Å². The first-order valence-electron chi connectivity index (χ1n) is 9.87. The van der Waals surface area contributed by atoms with Crippen molar-refractivity contribution in [2.75, 3.05) is 27.1 Å². The topological polar surface area (TPSA) is 143 Å². The number of anilines is 3. The van der Waals surface area contributed by atoms with Crippen LogP contribution in [-0.4, -0.2) is 46.3 Å². The van der Waals surface area contributed by atoms with Gasteiger partial charge >= 0.3 is 0 Å². The van der Waals surface area contributed by atoms with Gasteiger partial charge in [0, 0.05) is 17.4 Å². The molecular weight excluding hydrogens is 480 g/mol. The first-order valence-corrected chi connectivity index (χ1v) is 13.2. The monoisotopic (exact) mass is 502 g/mol. The number of ketones is 1. The first kappa shape index (κ1) is 24.9.